The van der Waals surface area contributed by atoms with E-state index in [4.69, 9.17) is 0 Å². The molecule has 23 heavy (non-hydrogen) atoms. The predicted octanol–water partition coefficient (Wildman–Crippen LogP) is 1.38. The molecule has 3 rings (SSSR count). The van der Waals surface area contributed by atoms with Crippen molar-refractivity contribution in [1.29, 1.82) is 0 Å². The average Bonchev–Trinajstić information content (AvgIpc) is 2.89. The number of rotatable bonds is 2. The fraction of sp³-hybridized carbons (Fsp3) is 0.562. The molecule has 3 heterocycles. The van der Waals surface area contributed by atoms with Crippen molar-refractivity contribution >= 4 is 35.8 Å². The molecule has 1 unspecified atom stereocenters. The van der Waals surface area contributed by atoms with E-state index < -0.39 is 0 Å². The fourth-order valence-corrected chi connectivity index (χ4v) is 3.43. The average molecular weight is 429 g/mol. The molecule has 1 amide bonds. The van der Waals surface area contributed by atoms with Crippen LogP contribution < -0.4 is 10.6 Å². The topological polar surface area (TPSA) is 69.6 Å². The minimum atomic E-state index is 0. The molecule has 2 N–H and O–H groups in total. The number of nitrogens with zero attached hydrogens (tertiary/aromatic N) is 3. The molecule has 6 nitrogen and oxygen atoms in total. The Morgan fingerprint density at radius 2 is 2.39 bits per heavy atom. The molecule has 0 radical (unpaired) electrons. The van der Waals surface area contributed by atoms with E-state index in [-0.39, 0.29) is 35.3 Å². The summed E-state index contributed by atoms with van der Waals surface area (Å²) in [5, 5.41) is 6.36. The Balaban J connectivity index is 0.00000192. The quantitative estimate of drug-likeness (QED) is 0.424. The summed E-state index contributed by atoms with van der Waals surface area (Å²) < 4.78 is 0. The summed E-state index contributed by atoms with van der Waals surface area (Å²) in [6.07, 6.45) is 4.64. The van der Waals surface area contributed by atoms with Gasteiger partial charge in [0.05, 0.1) is 12.2 Å². The van der Waals surface area contributed by atoms with Crippen molar-refractivity contribution in [2.45, 2.75) is 25.8 Å². The molecule has 2 aliphatic rings. The maximum absolute atomic E-state index is 11.6. The summed E-state index contributed by atoms with van der Waals surface area (Å²) in [5.74, 6) is 1.07. The van der Waals surface area contributed by atoms with E-state index in [1.807, 2.05) is 18.2 Å². The van der Waals surface area contributed by atoms with Crippen LogP contribution >= 0.6 is 24.0 Å². The van der Waals surface area contributed by atoms with Crippen LogP contribution in [0.5, 0.6) is 0 Å². The number of carbonyl (C=O) groups is 1. The number of aliphatic imine (C=N–C) groups is 1. The fourth-order valence-electron chi connectivity index (χ4n) is 3.43. The van der Waals surface area contributed by atoms with Gasteiger partial charge in [-0.05, 0) is 25.0 Å². The SMILES string of the molecule is CN=C(NCc1ccccn1)N1CCCC2(CNC(=O)C2)C1.I. The monoisotopic (exact) mass is 429 g/mol. The zero-order valence-corrected chi connectivity index (χ0v) is 15.7. The van der Waals surface area contributed by atoms with E-state index in [0.29, 0.717) is 13.0 Å². The standard InChI is InChI=1S/C16H23N5O.HI/c1-17-15(19-10-13-5-2-3-7-18-13)21-8-4-6-16(12-21)9-14(22)20-11-16;/h2-3,5,7H,4,6,8-12H2,1H3,(H,17,19)(H,20,22);1H. The van der Waals surface area contributed by atoms with Crippen LogP contribution in [0.25, 0.3) is 0 Å². The number of likely N-dealkylation sites (tertiary alicyclic amines) is 1. The van der Waals surface area contributed by atoms with Gasteiger partial charge in [-0.15, -0.1) is 24.0 Å². The molecule has 1 atom stereocenters. The van der Waals surface area contributed by atoms with E-state index in [9.17, 15) is 4.79 Å². The van der Waals surface area contributed by atoms with Crippen molar-refractivity contribution in [3.05, 3.63) is 30.1 Å². The van der Waals surface area contributed by atoms with Gasteiger partial charge >= 0.3 is 0 Å². The molecule has 0 saturated carbocycles. The summed E-state index contributed by atoms with van der Waals surface area (Å²) in [7, 11) is 1.81. The molecule has 1 spiro atoms. The van der Waals surface area contributed by atoms with Crippen molar-refractivity contribution in [1.82, 2.24) is 20.5 Å². The first-order valence-electron chi connectivity index (χ1n) is 7.83. The van der Waals surface area contributed by atoms with E-state index in [0.717, 1.165) is 44.1 Å². The molecule has 126 valence electrons. The predicted molar refractivity (Wildman–Crippen MR) is 101 cm³/mol. The second-order valence-electron chi connectivity index (χ2n) is 6.20. The highest BCUT2D eigenvalue weighted by molar-refractivity contribution is 14.0. The van der Waals surface area contributed by atoms with Gasteiger partial charge in [-0.3, -0.25) is 14.8 Å². The highest BCUT2D eigenvalue weighted by Crippen LogP contribution is 2.35. The lowest BCUT2D eigenvalue weighted by atomic mass is 9.79. The van der Waals surface area contributed by atoms with Crippen molar-refractivity contribution < 1.29 is 4.79 Å². The second-order valence-corrected chi connectivity index (χ2v) is 6.20. The van der Waals surface area contributed by atoms with Gasteiger partial charge in [-0.2, -0.15) is 0 Å². The zero-order valence-electron chi connectivity index (χ0n) is 13.4. The molecule has 7 heteroatoms. The Hall–Kier alpha value is -1.38. The first-order valence-corrected chi connectivity index (χ1v) is 7.83. The molecular formula is C16H24IN5O. The number of hydrogen-bond acceptors (Lipinski definition) is 3. The summed E-state index contributed by atoms with van der Waals surface area (Å²) in [6, 6.07) is 5.90. The number of guanidine groups is 1. The third-order valence-corrected chi connectivity index (χ3v) is 4.52. The minimum Gasteiger partial charge on any atom is -0.355 e. The van der Waals surface area contributed by atoms with Crippen LogP contribution in [0.4, 0.5) is 0 Å². The highest BCUT2D eigenvalue weighted by Gasteiger charge is 2.42. The molecular weight excluding hydrogens is 405 g/mol. The molecule has 1 aromatic heterocycles. The lowest BCUT2D eigenvalue weighted by Crippen LogP contribution is -2.51. The minimum absolute atomic E-state index is 0. The van der Waals surface area contributed by atoms with Gasteiger partial charge in [-0.25, -0.2) is 0 Å². The molecule has 1 aromatic rings. The smallest absolute Gasteiger partial charge is 0.220 e. The number of carbonyl (C=O) groups excluding carboxylic acids is 1. The van der Waals surface area contributed by atoms with Gasteiger partial charge < -0.3 is 15.5 Å². The number of aromatic nitrogens is 1. The normalized spacial score (nSPS) is 24.3. The molecule has 0 aliphatic carbocycles. The van der Waals surface area contributed by atoms with E-state index in [1.54, 1.807) is 13.2 Å². The third-order valence-electron chi connectivity index (χ3n) is 4.52. The van der Waals surface area contributed by atoms with Crippen LogP contribution in [-0.2, 0) is 11.3 Å². The lowest BCUT2D eigenvalue weighted by molar-refractivity contribution is -0.119. The number of hydrogen-bond donors (Lipinski definition) is 2. The molecule has 0 aromatic carbocycles. The first-order chi connectivity index (χ1) is 10.7. The molecule has 0 bridgehead atoms. The van der Waals surface area contributed by atoms with E-state index in [2.05, 4.69) is 25.5 Å². The van der Waals surface area contributed by atoms with Gasteiger partial charge in [0, 0.05) is 44.7 Å². The Kier molecular flexibility index (Phi) is 6.20. The van der Waals surface area contributed by atoms with Crippen molar-refractivity contribution in [2.75, 3.05) is 26.7 Å². The van der Waals surface area contributed by atoms with Gasteiger partial charge in [0.1, 0.15) is 0 Å². The number of piperidine rings is 1. The Morgan fingerprint density at radius 1 is 1.52 bits per heavy atom. The lowest BCUT2D eigenvalue weighted by Gasteiger charge is -2.40. The zero-order chi connectivity index (χ0) is 15.4. The van der Waals surface area contributed by atoms with Crippen LogP contribution in [0.15, 0.2) is 29.4 Å². The summed E-state index contributed by atoms with van der Waals surface area (Å²) in [6.45, 7) is 3.32. The highest BCUT2D eigenvalue weighted by atomic mass is 127. The number of amides is 1. The summed E-state index contributed by atoms with van der Waals surface area (Å²) in [4.78, 5) is 22.6. The van der Waals surface area contributed by atoms with Gasteiger partial charge in [-0.1, -0.05) is 6.07 Å². The van der Waals surface area contributed by atoms with Crippen molar-refractivity contribution in [3.8, 4) is 0 Å². The van der Waals surface area contributed by atoms with Crippen LogP contribution in [0.3, 0.4) is 0 Å². The number of halogens is 1. The van der Waals surface area contributed by atoms with Crippen molar-refractivity contribution in [3.63, 3.8) is 0 Å². The van der Waals surface area contributed by atoms with Crippen LogP contribution in [-0.4, -0.2) is 48.4 Å². The maximum Gasteiger partial charge on any atom is 0.220 e. The van der Waals surface area contributed by atoms with Gasteiger partial charge in [0.2, 0.25) is 5.91 Å². The maximum atomic E-state index is 11.6. The van der Waals surface area contributed by atoms with Crippen LogP contribution in [0, 0.1) is 5.41 Å². The number of pyridine rings is 1. The first kappa shape index (κ1) is 18.0. The van der Waals surface area contributed by atoms with Gasteiger partial charge in [0.25, 0.3) is 0 Å². The van der Waals surface area contributed by atoms with Gasteiger partial charge in [0.15, 0.2) is 5.96 Å². The third kappa shape index (κ3) is 4.33. The summed E-state index contributed by atoms with van der Waals surface area (Å²) in [5.41, 5.74) is 1.07. The second kappa shape index (κ2) is 7.94. The Labute approximate surface area is 154 Å². The van der Waals surface area contributed by atoms with Crippen molar-refractivity contribution in [2.24, 2.45) is 10.4 Å². The molecule has 2 fully saturated rings. The summed E-state index contributed by atoms with van der Waals surface area (Å²) >= 11 is 0. The van der Waals surface area contributed by atoms with Crippen LogP contribution in [0.1, 0.15) is 25.0 Å². The Morgan fingerprint density at radius 3 is 3.04 bits per heavy atom. The molecule has 2 aliphatic heterocycles. The largest absolute Gasteiger partial charge is 0.355 e. The number of nitrogens with one attached hydrogen (secondary N) is 2. The van der Waals surface area contributed by atoms with E-state index >= 15 is 0 Å². The Bertz CT molecular complexity index is 565. The van der Waals surface area contributed by atoms with Crippen LogP contribution in [0.2, 0.25) is 0 Å². The molecule has 2 saturated heterocycles. The van der Waals surface area contributed by atoms with E-state index in [1.165, 1.54) is 0 Å².